The van der Waals surface area contributed by atoms with Crippen molar-refractivity contribution in [3.05, 3.63) is 12.1 Å². The molecular weight excluding hydrogens is 228 g/mol. The van der Waals surface area contributed by atoms with Gasteiger partial charge in [-0.1, -0.05) is 13.3 Å². The standard InChI is InChI=1S/C14H20N2O2/c1-2-3-9-6-11(9)16-12-8-14-13(7-10(12)15)17-4-5-18-14/h7-9,11,16H,2-6,15H2,1H3. The van der Waals surface area contributed by atoms with Crippen molar-refractivity contribution in [3.63, 3.8) is 0 Å². The Kier molecular flexibility index (Phi) is 2.94. The van der Waals surface area contributed by atoms with Crippen molar-refractivity contribution < 1.29 is 9.47 Å². The first-order valence-electron chi connectivity index (χ1n) is 6.73. The van der Waals surface area contributed by atoms with E-state index in [9.17, 15) is 0 Å². The third-order valence-corrected chi connectivity index (χ3v) is 3.64. The number of nitrogens with one attached hydrogen (secondary N) is 1. The third-order valence-electron chi connectivity index (χ3n) is 3.64. The lowest BCUT2D eigenvalue weighted by molar-refractivity contribution is 0.172. The quantitative estimate of drug-likeness (QED) is 0.804. The fourth-order valence-electron chi connectivity index (χ4n) is 2.54. The number of anilines is 2. The van der Waals surface area contributed by atoms with E-state index in [1.54, 1.807) is 0 Å². The summed E-state index contributed by atoms with van der Waals surface area (Å²) in [5.41, 5.74) is 7.75. The van der Waals surface area contributed by atoms with Gasteiger partial charge in [-0.3, -0.25) is 0 Å². The minimum Gasteiger partial charge on any atom is -0.486 e. The summed E-state index contributed by atoms with van der Waals surface area (Å²) in [6.07, 6.45) is 3.79. The fraction of sp³-hybridized carbons (Fsp3) is 0.571. The van der Waals surface area contributed by atoms with Crippen LogP contribution in [0, 0.1) is 5.92 Å². The van der Waals surface area contributed by atoms with E-state index < -0.39 is 0 Å². The molecule has 2 atom stereocenters. The third kappa shape index (κ3) is 2.19. The molecule has 2 unspecified atom stereocenters. The molecule has 18 heavy (non-hydrogen) atoms. The van der Waals surface area contributed by atoms with Gasteiger partial charge in [0.2, 0.25) is 0 Å². The summed E-state index contributed by atoms with van der Waals surface area (Å²) in [5, 5.41) is 3.51. The number of benzene rings is 1. The molecule has 0 amide bonds. The monoisotopic (exact) mass is 248 g/mol. The molecule has 98 valence electrons. The highest BCUT2D eigenvalue weighted by Gasteiger charge is 2.36. The van der Waals surface area contributed by atoms with Gasteiger partial charge in [0.15, 0.2) is 11.5 Å². The Bertz CT molecular complexity index is 448. The van der Waals surface area contributed by atoms with Crippen LogP contribution in [0.5, 0.6) is 11.5 Å². The molecule has 3 rings (SSSR count). The van der Waals surface area contributed by atoms with E-state index in [1.807, 2.05) is 12.1 Å². The summed E-state index contributed by atoms with van der Waals surface area (Å²) < 4.78 is 11.1. The average Bonchev–Trinajstić information content (AvgIpc) is 3.09. The fourth-order valence-corrected chi connectivity index (χ4v) is 2.54. The zero-order chi connectivity index (χ0) is 12.5. The maximum absolute atomic E-state index is 6.04. The summed E-state index contributed by atoms with van der Waals surface area (Å²) in [6.45, 7) is 3.44. The minimum absolute atomic E-state index is 0.579. The van der Waals surface area contributed by atoms with Crippen LogP contribution in [0.15, 0.2) is 12.1 Å². The van der Waals surface area contributed by atoms with Gasteiger partial charge >= 0.3 is 0 Å². The average molecular weight is 248 g/mol. The molecule has 1 heterocycles. The summed E-state index contributed by atoms with van der Waals surface area (Å²) in [4.78, 5) is 0. The minimum atomic E-state index is 0.579. The van der Waals surface area contributed by atoms with Gasteiger partial charge in [0, 0.05) is 18.2 Å². The first kappa shape index (κ1) is 11.5. The van der Waals surface area contributed by atoms with E-state index in [1.165, 1.54) is 19.3 Å². The maximum Gasteiger partial charge on any atom is 0.163 e. The van der Waals surface area contributed by atoms with Gasteiger partial charge in [0.1, 0.15) is 13.2 Å². The molecule has 4 nitrogen and oxygen atoms in total. The van der Waals surface area contributed by atoms with Crippen molar-refractivity contribution in [2.75, 3.05) is 24.3 Å². The van der Waals surface area contributed by atoms with E-state index in [4.69, 9.17) is 15.2 Å². The summed E-state index contributed by atoms with van der Waals surface area (Å²) >= 11 is 0. The lowest BCUT2D eigenvalue weighted by Crippen LogP contribution is -2.16. The zero-order valence-electron chi connectivity index (χ0n) is 10.7. The van der Waals surface area contributed by atoms with E-state index in [0.717, 1.165) is 28.8 Å². The molecule has 1 aromatic carbocycles. The molecule has 4 heteroatoms. The highest BCUT2D eigenvalue weighted by molar-refractivity contribution is 5.72. The van der Waals surface area contributed by atoms with Gasteiger partial charge in [-0.05, 0) is 18.8 Å². The van der Waals surface area contributed by atoms with Crippen molar-refractivity contribution in [3.8, 4) is 11.5 Å². The molecule has 1 aliphatic carbocycles. The Morgan fingerprint density at radius 3 is 2.72 bits per heavy atom. The second kappa shape index (κ2) is 4.59. The van der Waals surface area contributed by atoms with E-state index in [2.05, 4.69) is 12.2 Å². The highest BCUT2D eigenvalue weighted by atomic mass is 16.6. The van der Waals surface area contributed by atoms with Crippen LogP contribution in [-0.2, 0) is 0 Å². The van der Waals surface area contributed by atoms with Crippen molar-refractivity contribution in [2.45, 2.75) is 32.2 Å². The van der Waals surface area contributed by atoms with E-state index >= 15 is 0 Å². The lowest BCUT2D eigenvalue weighted by atomic mass is 10.2. The van der Waals surface area contributed by atoms with E-state index in [0.29, 0.717) is 19.3 Å². The molecule has 0 bridgehead atoms. The summed E-state index contributed by atoms with van der Waals surface area (Å²) in [7, 11) is 0. The number of fused-ring (bicyclic) bond motifs is 1. The van der Waals surface area contributed by atoms with Crippen molar-refractivity contribution in [1.82, 2.24) is 0 Å². The number of nitrogen functional groups attached to an aromatic ring is 1. The Labute approximate surface area is 107 Å². The summed E-state index contributed by atoms with van der Waals surface area (Å²) in [6, 6.07) is 4.40. The molecule has 1 aliphatic heterocycles. The predicted octanol–water partition coefficient (Wildman–Crippen LogP) is 2.64. The molecule has 0 radical (unpaired) electrons. The molecule has 1 fully saturated rings. The van der Waals surface area contributed by atoms with E-state index in [-0.39, 0.29) is 0 Å². The molecule has 1 saturated carbocycles. The van der Waals surface area contributed by atoms with Crippen molar-refractivity contribution >= 4 is 11.4 Å². The van der Waals surface area contributed by atoms with Crippen molar-refractivity contribution in [2.24, 2.45) is 5.92 Å². The highest BCUT2D eigenvalue weighted by Crippen LogP contribution is 2.42. The van der Waals surface area contributed by atoms with Gasteiger partial charge < -0.3 is 20.5 Å². The number of hydrogen-bond donors (Lipinski definition) is 2. The molecule has 1 aromatic rings. The number of hydrogen-bond acceptors (Lipinski definition) is 4. The largest absolute Gasteiger partial charge is 0.486 e. The van der Waals surface area contributed by atoms with Crippen LogP contribution in [0.2, 0.25) is 0 Å². The lowest BCUT2D eigenvalue weighted by Gasteiger charge is -2.20. The van der Waals surface area contributed by atoms with Crippen LogP contribution in [0.1, 0.15) is 26.2 Å². The van der Waals surface area contributed by atoms with Crippen LogP contribution in [-0.4, -0.2) is 19.3 Å². The second-order valence-electron chi connectivity index (χ2n) is 5.12. The Hall–Kier alpha value is -1.58. The van der Waals surface area contributed by atoms with Gasteiger partial charge in [0.25, 0.3) is 0 Å². The van der Waals surface area contributed by atoms with Crippen molar-refractivity contribution in [1.29, 1.82) is 0 Å². The molecule has 3 N–H and O–H groups in total. The Morgan fingerprint density at radius 1 is 1.28 bits per heavy atom. The van der Waals surface area contributed by atoms with Crippen LogP contribution >= 0.6 is 0 Å². The summed E-state index contributed by atoms with van der Waals surface area (Å²) in [5.74, 6) is 2.36. The molecule has 0 aromatic heterocycles. The molecule has 0 spiro atoms. The number of nitrogens with two attached hydrogens (primary N) is 1. The van der Waals surface area contributed by atoms with Gasteiger partial charge in [-0.2, -0.15) is 0 Å². The molecule has 2 aliphatic rings. The zero-order valence-corrected chi connectivity index (χ0v) is 10.7. The Balaban J connectivity index is 1.72. The van der Waals surface area contributed by atoms with Gasteiger partial charge in [-0.15, -0.1) is 0 Å². The second-order valence-corrected chi connectivity index (χ2v) is 5.12. The van der Waals surface area contributed by atoms with Crippen LogP contribution in [0.25, 0.3) is 0 Å². The topological polar surface area (TPSA) is 56.5 Å². The SMILES string of the molecule is CCCC1CC1Nc1cc2c(cc1N)OCCO2. The predicted molar refractivity (Wildman–Crippen MR) is 72.3 cm³/mol. The Morgan fingerprint density at radius 2 is 2.00 bits per heavy atom. The number of ether oxygens (including phenoxy) is 2. The smallest absolute Gasteiger partial charge is 0.163 e. The van der Waals surface area contributed by atoms with Crippen LogP contribution < -0.4 is 20.5 Å². The van der Waals surface area contributed by atoms with Gasteiger partial charge in [0.05, 0.1) is 11.4 Å². The first-order chi connectivity index (χ1) is 8.78. The maximum atomic E-state index is 6.04. The molecular formula is C14H20N2O2. The molecule has 0 saturated heterocycles. The van der Waals surface area contributed by atoms with Crippen LogP contribution in [0.3, 0.4) is 0 Å². The number of rotatable bonds is 4. The van der Waals surface area contributed by atoms with Crippen LogP contribution in [0.4, 0.5) is 11.4 Å². The first-order valence-corrected chi connectivity index (χ1v) is 6.73. The van der Waals surface area contributed by atoms with Gasteiger partial charge in [-0.25, -0.2) is 0 Å². The normalized spacial score (nSPS) is 24.7.